The summed E-state index contributed by atoms with van der Waals surface area (Å²) in [6, 6.07) is 15.1. The zero-order valence-electron chi connectivity index (χ0n) is 12.3. The first kappa shape index (κ1) is 16.5. The van der Waals surface area contributed by atoms with Gasteiger partial charge in [-0.2, -0.15) is 0 Å². The van der Waals surface area contributed by atoms with Crippen LogP contribution in [0.25, 0.3) is 0 Å². The number of nitrogens with zero attached hydrogens (tertiary/aromatic N) is 1. The Hall–Kier alpha value is -0.840. The molecule has 0 saturated carbocycles. The van der Waals surface area contributed by atoms with Gasteiger partial charge in [0, 0.05) is 28.2 Å². The van der Waals surface area contributed by atoms with E-state index in [0.717, 1.165) is 15.4 Å². The molecule has 0 radical (unpaired) electrons. The number of likely N-dealkylation sites (N-methyl/N-ethyl adjacent to an activating group) is 1. The van der Waals surface area contributed by atoms with Crippen LogP contribution in [0.3, 0.4) is 0 Å². The minimum absolute atomic E-state index is 0.155. The van der Waals surface area contributed by atoms with Crippen LogP contribution < -0.4 is 10.6 Å². The highest BCUT2D eigenvalue weighted by Gasteiger charge is 2.16. The molecule has 2 aromatic rings. The van der Waals surface area contributed by atoms with Crippen molar-refractivity contribution in [3.63, 3.8) is 0 Å². The van der Waals surface area contributed by atoms with Crippen molar-refractivity contribution in [2.24, 2.45) is 5.73 Å². The van der Waals surface area contributed by atoms with Gasteiger partial charge in [0.1, 0.15) is 0 Å². The quantitative estimate of drug-likeness (QED) is 0.757. The van der Waals surface area contributed by atoms with Gasteiger partial charge in [0.2, 0.25) is 0 Å². The first-order valence-corrected chi connectivity index (χ1v) is 8.62. The Bertz CT molecular complexity index is 596. The average Bonchev–Trinajstić information content (AvgIpc) is 2.51. The third kappa shape index (κ3) is 3.87. The molecular formula is C17H20Br2N2. The number of hydrogen-bond acceptors (Lipinski definition) is 2. The third-order valence-electron chi connectivity index (χ3n) is 3.77. The van der Waals surface area contributed by atoms with Crippen LogP contribution in [0.2, 0.25) is 0 Å². The van der Waals surface area contributed by atoms with Crippen LogP contribution in [-0.2, 0) is 6.42 Å². The van der Waals surface area contributed by atoms with Crippen molar-refractivity contribution >= 4 is 37.5 Å². The van der Waals surface area contributed by atoms with E-state index in [-0.39, 0.29) is 6.04 Å². The van der Waals surface area contributed by atoms with Gasteiger partial charge in [0.15, 0.2) is 0 Å². The van der Waals surface area contributed by atoms with Gasteiger partial charge in [-0.05, 0) is 73.7 Å². The maximum Gasteiger partial charge on any atom is 0.0661 e. The molecule has 112 valence electrons. The molecule has 0 aliphatic heterocycles. The molecule has 0 saturated heterocycles. The van der Waals surface area contributed by atoms with E-state index in [0.29, 0.717) is 6.54 Å². The predicted molar refractivity (Wildman–Crippen MR) is 97.9 cm³/mol. The Balaban J connectivity index is 2.28. The molecule has 2 rings (SSSR count). The summed E-state index contributed by atoms with van der Waals surface area (Å²) in [4.78, 5) is 2.23. The number of hydrogen-bond donors (Lipinski definition) is 1. The number of halogens is 2. The molecule has 0 amide bonds. The van der Waals surface area contributed by atoms with E-state index in [1.807, 2.05) is 0 Å². The number of nitrogens with two attached hydrogens (primary N) is 1. The third-order valence-corrected chi connectivity index (χ3v) is 5.65. The Morgan fingerprint density at radius 3 is 2.24 bits per heavy atom. The first-order chi connectivity index (χ1) is 10.1. The molecule has 0 spiro atoms. The molecule has 1 atom stereocenters. The zero-order chi connectivity index (χ0) is 15.4. The summed E-state index contributed by atoms with van der Waals surface area (Å²) in [6.07, 6.45) is 1.06. The van der Waals surface area contributed by atoms with Crippen molar-refractivity contribution in [3.05, 3.63) is 62.5 Å². The lowest BCUT2D eigenvalue weighted by atomic mass is 10.0. The van der Waals surface area contributed by atoms with Gasteiger partial charge in [-0.1, -0.05) is 25.1 Å². The van der Waals surface area contributed by atoms with Crippen molar-refractivity contribution in [2.75, 3.05) is 18.5 Å². The van der Waals surface area contributed by atoms with Crippen molar-refractivity contribution in [1.82, 2.24) is 0 Å². The van der Waals surface area contributed by atoms with Gasteiger partial charge in [0.25, 0.3) is 0 Å². The summed E-state index contributed by atoms with van der Waals surface area (Å²) >= 11 is 7.07. The molecule has 0 aromatic heterocycles. The highest BCUT2D eigenvalue weighted by molar-refractivity contribution is 9.13. The normalized spacial score (nSPS) is 12.2. The van der Waals surface area contributed by atoms with E-state index < -0.39 is 0 Å². The summed E-state index contributed by atoms with van der Waals surface area (Å²) in [5.74, 6) is 0. The van der Waals surface area contributed by atoms with Crippen molar-refractivity contribution in [2.45, 2.75) is 19.4 Å². The van der Waals surface area contributed by atoms with Crippen LogP contribution in [-0.4, -0.2) is 13.6 Å². The lowest BCUT2D eigenvalue weighted by molar-refractivity contribution is 0.680. The molecule has 2 aromatic carbocycles. The van der Waals surface area contributed by atoms with Crippen molar-refractivity contribution < 1.29 is 0 Å². The molecule has 0 bridgehead atoms. The Kier molecular flexibility index (Phi) is 5.85. The Labute approximate surface area is 143 Å². The van der Waals surface area contributed by atoms with E-state index in [1.54, 1.807) is 0 Å². The summed E-state index contributed by atoms with van der Waals surface area (Å²) in [6.45, 7) is 2.74. The Morgan fingerprint density at radius 1 is 1.05 bits per heavy atom. The second-order valence-corrected chi connectivity index (χ2v) is 6.76. The molecule has 0 fully saturated rings. The maximum atomic E-state index is 6.02. The number of aryl methyl sites for hydroxylation is 1. The molecule has 0 aliphatic rings. The van der Waals surface area contributed by atoms with E-state index in [4.69, 9.17) is 5.73 Å². The topological polar surface area (TPSA) is 29.3 Å². The molecule has 0 aliphatic carbocycles. The zero-order valence-corrected chi connectivity index (χ0v) is 15.5. The van der Waals surface area contributed by atoms with Gasteiger partial charge in [-0.3, -0.25) is 0 Å². The van der Waals surface area contributed by atoms with Crippen LogP contribution in [0.4, 0.5) is 5.69 Å². The maximum absolute atomic E-state index is 6.02. The average molecular weight is 412 g/mol. The molecular weight excluding hydrogens is 392 g/mol. The lowest BCUT2D eigenvalue weighted by Crippen LogP contribution is -2.30. The van der Waals surface area contributed by atoms with Crippen LogP contribution in [0.5, 0.6) is 0 Å². The van der Waals surface area contributed by atoms with Gasteiger partial charge < -0.3 is 10.6 Å². The van der Waals surface area contributed by atoms with E-state index in [2.05, 4.69) is 93.2 Å². The van der Waals surface area contributed by atoms with Gasteiger partial charge in [-0.15, -0.1) is 0 Å². The van der Waals surface area contributed by atoms with Crippen LogP contribution in [0, 0.1) is 0 Å². The number of rotatable bonds is 5. The molecule has 2 nitrogen and oxygen atoms in total. The summed E-state index contributed by atoms with van der Waals surface area (Å²) < 4.78 is 2.10. The number of benzene rings is 2. The Morgan fingerprint density at radius 2 is 1.71 bits per heavy atom. The van der Waals surface area contributed by atoms with Gasteiger partial charge >= 0.3 is 0 Å². The van der Waals surface area contributed by atoms with E-state index >= 15 is 0 Å². The smallest absolute Gasteiger partial charge is 0.0661 e. The largest absolute Gasteiger partial charge is 0.366 e. The summed E-state index contributed by atoms with van der Waals surface area (Å²) in [5.41, 5.74) is 9.75. The summed E-state index contributed by atoms with van der Waals surface area (Å²) in [7, 11) is 2.09. The lowest BCUT2D eigenvalue weighted by Gasteiger charge is -2.30. The fraction of sp³-hybridized carbons (Fsp3) is 0.294. The van der Waals surface area contributed by atoms with Crippen molar-refractivity contribution in [1.29, 1.82) is 0 Å². The van der Waals surface area contributed by atoms with Gasteiger partial charge in [-0.25, -0.2) is 0 Å². The monoisotopic (exact) mass is 410 g/mol. The van der Waals surface area contributed by atoms with Crippen LogP contribution in [0.1, 0.15) is 24.1 Å². The highest BCUT2D eigenvalue weighted by atomic mass is 79.9. The fourth-order valence-corrected chi connectivity index (χ4v) is 3.03. The molecule has 21 heavy (non-hydrogen) atoms. The standard InChI is InChI=1S/C17H20Br2N2/c1-3-12-4-7-14(8-5-12)21(2)17(11-20)13-6-9-15(18)16(19)10-13/h4-10,17H,3,11,20H2,1-2H3. The highest BCUT2D eigenvalue weighted by Crippen LogP contribution is 2.30. The SMILES string of the molecule is CCc1ccc(N(C)C(CN)c2ccc(Br)c(Br)c2)cc1. The minimum Gasteiger partial charge on any atom is -0.366 e. The predicted octanol–water partition coefficient (Wildman–Crippen LogP) is 4.91. The van der Waals surface area contributed by atoms with Crippen LogP contribution in [0.15, 0.2) is 51.4 Å². The van der Waals surface area contributed by atoms with Crippen molar-refractivity contribution in [3.8, 4) is 0 Å². The second-order valence-electron chi connectivity index (χ2n) is 5.06. The fourth-order valence-electron chi connectivity index (χ4n) is 2.38. The molecule has 1 unspecified atom stereocenters. The minimum atomic E-state index is 0.155. The van der Waals surface area contributed by atoms with E-state index in [9.17, 15) is 0 Å². The van der Waals surface area contributed by atoms with Gasteiger partial charge in [0.05, 0.1) is 6.04 Å². The molecule has 2 N–H and O–H groups in total. The number of anilines is 1. The van der Waals surface area contributed by atoms with Crippen LogP contribution >= 0.6 is 31.9 Å². The molecule has 4 heteroatoms. The summed E-state index contributed by atoms with van der Waals surface area (Å²) in [5, 5.41) is 0. The first-order valence-electron chi connectivity index (χ1n) is 7.03. The molecule has 0 heterocycles. The second kappa shape index (κ2) is 7.43. The van der Waals surface area contributed by atoms with E-state index in [1.165, 1.54) is 16.8 Å².